The third-order valence-electron chi connectivity index (χ3n) is 4.74. The molecule has 6 nitrogen and oxygen atoms in total. The second-order valence-corrected chi connectivity index (χ2v) is 6.39. The van der Waals surface area contributed by atoms with Gasteiger partial charge >= 0.3 is 0 Å². The molecule has 1 aliphatic heterocycles. The van der Waals surface area contributed by atoms with Crippen LogP contribution < -0.4 is 27.1 Å². The van der Waals surface area contributed by atoms with E-state index in [1.54, 1.807) is 37.4 Å². The van der Waals surface area contributed by atoms with E-state index in [2.05, 4.69) is 5.32 Å². The van der Waals surface area contributed by atoms with Gasteiger partial charge < -0.3 is 14.5 Å². The molecule has 2 aromatic carbocycles. The quantitative estimate of drug-likeness (QED) is 0.668. The molecule has 2 heterocycles. The molecule has 0 atom stereocenters. The van der Waals surface area contributed by atoms with Crippen LogP contribution in [0.2, 0.25) is 0 Å². The first-order chi connectivity index (χ1) is 13.0. The summed E-state index contributed by atoms with van der Waals surface area (Å²) in [5.74, 6) is -0.386. The molecule has 1 aromatic heterocycles. The van der Waals surface area contributed by atoms with Crippen LogP contribution in [0.4, 0.5) is 5.69 Å². The SMILES string of the molecule is Cn1c(=C2C(=O)Nc3ccccc32)c(=O)n(C)/c(=C\c2ccccc2)c1=O. The molecule has 6 heteroatoms. The Labute approximate surface area is 154 Å². The Morgan fingerprint density at radius 1 is 0.815 bits per heavy atom. The van der Waals surface area contributed by atoms with Gasteiger partial charge in [0.25, 0.3) is 17.0 Å². The van der Waals surface area contributed by atoms with Crippen molar-refractivity contribution in [3.05, 3.63) is 97.1 Å². The maximum absolute atomic E-state index is 13.1. The number of nitrogens with one attached hydrogen (secondary N) is 1. The highest BCUT2D eigenvalue weighted by Crippen LogP contribution is 2.28. The summed E-state index contributed by atoms with van der Waals surface area (Å²) in [6, 6.07) is 16.4. The van der Waals surface area contributed by atoms with Crippen molar-refractivity contribution < 1.29 is 4.79 Å². The smallest absolute Gasteiger partial charge is 0.275 e. The molecule has 134 valence electrons. The van der Waals surface area contributed by atoms with Crippen LogP contribution in [0.1, 0.15) is 11.1 Å². The molecule has 0 saturated heterocycles. The lowest BCUT2D eigenvalue weighted by atomic mass is 10.1. The number of nitrogens with zero attached hydrogens (tertiary/aromatic N) is 2. The van der Waals surface area contributed by atoms with Gasteiger partial charge in [0, 0.05) is 25.3 Å². The zero-order valence-electron chi connectivity index (χ0n) is 14.9. The molecule has 4 rings (SSSR count). The molecular weight excluding hydrogens is 342 g/mol. The zero-order chi connectivity index (χ0) is 19.1. The molecule has 0 unspecified atom stereocenters. The molecule has 1 N–H and O–H groups in total. The first-order valence-corrected chi connectivity index (χ1v) is 8.47. The number of hydrogen-bond acceptors (Lipinski definition) is 3. The first-order valence-electron chi connectivity index (χ1n) is 8.47. The highest BCUT2D eigenvalue weighted by Gasteiger charge is 2.26. The van der Waals surface area contributed by atoms with E-state index in [1.807, 2.05) is 30.3 Å². The molecule has 0 aliphatic carbocycles. The average Bonchev–Trinajstić information content (AvgIpc) is 3.01. The van der Waals surface area contributed by atoms with Gasteiger partial charge in [-0.25, -0.2) is 0 Å². The van der Waals surface area contributed by atoms with Crippen molar-refractivity contribution in [1.29, 1.82) is 0 Å². The van der Waals surface area contributed by atoms with E-state index in [-0.39, 0.29) is 27.7 Å². The molecule has 0 fully saturated rings. The van der Waals surface area contributed by atoms with Crippen LogP contribution in [0.5, 0.6) is 0 Å². The molecule has 1 amide bonds. The normalized spacial score (nSPS) is 15.6. The third kappa shape index (κ3) is 2.62. The Morgan fingerprint density at radius 3 is 2.22 bits per heavy atom. The second kappa shape index (κ2) is 6.25. The van der Waals surface area contributed by atoms with Gasteiger partial charge in [-0.15, -0.1) is 0 Å². The molecule has 1 aliphatic rings. The summed E-state index contributed by atoms with van der Waals surface area (Å²) >= 11 is 0. The lowest BCUT2D eigenvalue weighted by Crippen LogP contribution is -2.57. The average molecular weight is 359 g/mol. The molecule has 27 heavy (non-hydrogen) atoms. The van der Waals surface area contributed by atoms with Crippen molar-refractivity contribution >= 4 is 23.2 Å². The number of aromatic nitrogens is 2. The summed E-state index contributed by atoms with van der Waals surface area (Å²) in [4.78, 5) is 38.6. The lowest BCUT2D eigenvalue weighted by molar-refractivity contribution is -0.110. The van der Waals surface area contributed by atoms with Gasteiger partial charge in [-0.2, -0.15) is 0 Å². The van der Waals surface area contributed by atoms with Gasteiger partial charge in [-0.3, -0.25) is 14.4 Å². The number of rotatable bonds is 1. The Bertz CT molecular complexity index is 1320. The van der Waals surface area contributed by atoms with E-state index in [9.17, 15) is 14.4 Å². The number of anilines is 1. The highest BCUT2D eigenvalue weighted by atomic mass is 16.2. The van der Waals surface area contributed by atoms with E-state index in [0.29, 0.717) is 11.3 Å². The summed E-state index contributed by atoms with van der Waals surface area (Å²) in [7, 11) is 3.06. The van der Waals surface area contributed by atoms with E-state index in [4.69, 9.17) is 0 Å². The summed E-state index contributed by atoms with van der Waals surface area (Å²) in [5.41, 5.74) is 1.54. The van der Waals surface area contributed by atoms with Gasteiger partial charge in [0.2, 0.25) is 0 Å². The topological polar surface area (TPSA) is 73.1 Å². The van der Waals surface area contributed by atoms with Crippen LogP contribution in [0.3, 0.4) is 0 Å². The number of amides is 1. The van der Waals surface area contributed by atoms with Gasteiger partial charge in [0.05, 0.1) is 5.57 Å². The fourth-order valence-corrected chi connectivity index (χ4v) is 3.32. The van der Waals surface area contributed by atoms with Crippen molar-refractivity contribution in [1.82, 2.24) is 9.13 Å². The van der Waals surface area contributed by atoms with Crippen molar-refractivity contribution in [3.63, 3.8) is 0 Å². The Balaban J connectivity index is 2.14. The third-order valence-corrected chi connectivity index (χ3v) is 4.74. The minimum atomic E-state index is -0.402. The number of fused-ring (bicyclic) bond motifs is 1. The van der Waals surface area contributed by atoms with Crippen molar-refractivity contribution in [2.75, 3.05) is 5.32 Å². The Hall–Kier alpha value is -3.67. The van der Waals surface area contributed by atoms with Crippen LogP contribution in [0, 0.1) is 0 Å². The van der Waals surface area contributed by atoms with E-state index < -0.39 is 5.56 Å². The summed E-state index contributed by atoms with van der Waals surface area (Å²) < 4.78 is 2.56. The van der Waals surface area contributed by atoms with Crippen LogP contribution >= 0.6 is 0 Å². The minimum absolute atomic E-state index is 0.0789. The number of carbonyl (C=O) groups is 1. The van der Waals surface area contributed by atoms with Gasteiger partial charge in [0.15, 0.2) is 0 Å². The number of para-hydroxylation sites is 1. The number of carbonyl (C=O) groups excluding carboxylic acids is 1. The van der Waals surface area contributed by atoms with Gasteiger partial charge in [-0.05, 0) is 17.7 Å². The van der Waals surface area contributed by atoms with E-state index in [0.717, 1.165) is 5.56 Å². The van der Waals surface area contributed by atoms with Gasteiger partial charge in [0.1, 0.15) is 10.7 Å². The van der Waals surface area contributed by atoms with Crippen LogP contribution in [-0.4, -0.2) is 15.0 Å². The van der Waals surface area contributed by atoms with E-state index >= 15 is 0 Å². The zero-order valence-corrected chi connectivity index (χ0v) is 14.9. The minimum Gasteiger partial charge on any atom is -0.321 e. The summed E-state index contributed by atoms with van der Waals surface area (Å²) in [5, 5.41) is 3.08. The molecule has 0 spiro atoms. The maximum Gasteiger partial charge on any atom is 0.275 e. The van der Waals surface area contributed by atoms with Crippen molar-refractivity contribution in [2.24, 2.45) is 14.1 Å². The first kappa shape index (κ1) is 16.8. The number of benzene rings is 2. The fraction of sp³-hybridized carbons (Fsp3) is 0.0952. The molecule has 0 bridgehead atoms. The molecule has 0 saturated carbocycles. The predicted octanol–water partition coefficient (Wildman–Crippen LogP) is 0.0639. The van der Waals surface area contributed by atoms with Crippen molar-refractivity contribution in [2.45, 2.75) is 0 Å². The van der Waals surface area contributed by atoms with Crippen molar-refractivity contribution in [3.8, 4) is 0 Å². The van der Waals surface area contributed by atoms with Gasteiger partial charge in [-0.1, -0.05) is 48.5 Å². The predicted molar refractivity (Wildman–Crippen MR) is 104 cm³/mol. The van der Waals surface area contributed by atoms with Crippen LogP contribution in [-0.2, 0) is 18.9 Å². The summed E-state index contributed by atoms with van der Waals surface area (Å²) in [6.07, 6.45) is 1.67. The van der Waals surface area contributed by atoms with Crippen LogP contribution in [0.25, 0.3) is 11.6 Å². The standard InChI is InChI=1S/C21H17N3O3/c1-23-16(12-13-8-4-3-5-9-13)20(26)24(2)18(21(23)27)17-14-10-6-7-11-15(14)22-19(17)25/h3-12H,1-2H3,(H,22,25)/b16-12-,18-17?. The molecular formula is C21H17N3O3. The van der Waals surface area contributed by atoms with E-state index in [1.165, 1.54) is 16.2 Å². The summed E-state index contributed by atoms with van der Waals surface area (Å²) in [6.45, 7) is 0. The van der Waals surface area contributed by atoms with Crippen LogP contribution in [0.15, 0.2) is 64.2 Å². The molecule has 0 radical (unpaired) electrons. The Morgan fingerprint density at radius 2 is 1.48 bits per heavy atom. The largest absolute Gasteiger partial charge is 0.321 e. The fourth-order valence-electron chi connectivity index (χ4n) is 3.32. The Kier molecular flexibility index (Phi) is 3.88. The monoisotopic (exact) mass is 359 g/mol. The molecule has 3 aromatic rings. The highest BCUT2D eigenvalue weighted by molar-refractivity contribution is 6.31. The second-order valence-electron chi connectivity index (χ2n) is 6.39. The maximum atomic E-state index is 13.1. The number of hydrogen-bond donors (Lipinski definition) is 1. The lowest BCUT2D eigenvalue weighted by Gasteiger charge is -2.07.